The van der Waals surface area contributed by atoms with Crippen molar-refractivity contribution in [3.05, 3.63) is 47.1 Å². The fourth-order valence-corrected chi connectivity index (χ4v) is 3.59. The number of unbranched alkanes of at least 4 members (excludes halogenated alkanes) is 2. The Kier molecular flexibility index (Phi) is 6.32. The molecule has 1 aromatic rings. The van der Waals surface area contributed by atoms with Crippen LogP contribution in [0.4, 0.5) is 0 Å². The van der Waals surface area contributed by atoms with Crippen molar-refractivity contribution in [1.82, 2.24) is 0 Å². The van der Waals surface area contributed by atoms with Crippen LogP contribution >= 0.6 is 0 Å². The van der Waals surface area contributed by atoms with Crippen molar-refractivity contribution in [3.8, 4) is 11.5 Å². The topological polar surface area (TPSA) is 40.5 Å². The average molecular weight is 314 g/mol. The van der Waals surface area contributed by atoms with Crippen LogP contribution in [0.1, 0.15) is 69.9 Å². The van der Waals surface area contributed by atoms with Crippen LogP contribution in [0.5, 0.6) is 11.5 Å². The lowest BCUT2D eigenvalue weighted by molar-refractivity contribution is 0.411. The third kappa shape index (κ3) is 4.40. The largest absolute Gasteiger partial charge is 0.507 e. The summed E-state index contributed by atoms with van der Waals surface area (Å²) in [5.41, 5.74) is 3.05. The number of hydrogen-bond donors (Lipinski definition) is 2. The minimum absolute atomic E-state index is 0.0599. The summed E-state index contributed by atoms with van der Waals surface area (Å²) in [5.74, 6) is 0.875. The Morgan fingerprint density at radius 2 is 1.87 bits per heavy atom. The van der Waals surface area contributed by atoms with Crippen LogP contribution in [0.3, 0.4) is 0 Å². The zero-order valence-corrected chi connectivity index (χ0v) is 14.7. The highest BCUT2D eigenvalue weighted by Crippen LogP contribution is 2.44. The minimum Gasteiger partial charge on any atom is -0.507 e. The maximum Gasteiger partial charge on any atom is 0.123 e. The predicted molar refractivity (Wildman–Crippen MR) is 97.0 cm³/mol. The zero-order chi connectivity index (χ0) is 16.8. The lowest BCUT2D eigenvalue weighted by Crippen LogP contribution is -2.14. The van der Waals surface area contributed by atoms with Gasteiger partial charge in [-0.2, -0.15) is 0 Å². The standard InChI is InChI=1S/C21H30O2/c1-4-6-7-9-16-13-19(22)21(20(23)14-16)18-12-15(3)10-11-17(18)8-5-2/h5,8,12-14,17-18,22-23H,4,6-7,9-11H2,1-3H3/t17-,18?/m1/s1. The molecule has 0 heterocycles. The normalized spacial score (nSPS) is 21.6. The van der Waals surface area contributed by atoms with Crippen LogP contribution in [0.15, 0.2) is 35.9 Å². The Balaban J connectivity index is 2.32. The molecule has 0 saturated heterocycles. The van der Waals surface area contributed by atoms with E-state index in [4.69, 9.17) is 0 Å². The van der Waals surface area contributed by atoms with E-state index in [1.165, 1.54) is 18.4 Å². The SMILES string of the molecule is CC=C[C@@H]1CCC(C)=CC1c1c(O)cc(CCCCC)cc1O. The Morgan fingerprint density at radius 1 is 1.17 bits per heavy atom. The van der Waals surface area contributed by atoms with E-state index in [0.29, 0.717) is 11.5 Å². The van der Waals surface area contributed by atoms with E-state index < -0.39 is 0 Å². The van der Waals surface area contributed by atoms with E-state index in [1.807, 2.05) is 19.1 Å². The van der Waals surface area contributed by atoms with Crippen LogP contribution in [-0.2, 0) is 6.42 Å². The van der Waals surface area contributed by atoms with Gasteiger partial charge in [-0.1, -0.05) is 43.6 Å². The molecule has 0 aliphatic heterocycles. The Hall–Kier alpha value is -1.70. The van der Waals surface area contributed by atoms with Gasteiger partial charge >= 0.3 is 0 Å². The number of phenolic OH excluding ortho intramolecular Hbond substituents is 2. The molecule has 23 heavy (non-hydrogen) atoms. The first kappa shape index (κ1) is 17.7. The molecule has 1 aliphatic carbocycles. The molecule has 2 N–H and O–H groups in total. The van der Waals surface area contributed by atoms with Crippen LogP contribution in [0, 0.1) is 5.92 Å². The molecule has 2 atom stereocenters. The summed E-state index contributed by atoms with van der Waals surface area (Å²) in [4.78, 5) is 0. The number of benzene rings is 1. The zero-order valence-electron chi connectivity index (χ0n) is 14.7. The van der Waals surface area contributed by atoms with E-state index in [1.54, 1.807) is 0 Å². The molecule has 2 rings (SSSR count). The molecule has 126 valence electrons. The molecule has 1 aliphatic rings. The lowest BCUT2D eigenvalue weighted by Gasteiger charge is -2.29. The molecular weight excluding hydrogens is 284 g/mol. The number of hydrogen-bond acceptors (Lipinski definition) is 2. The Labute approximate surface area is 140 Å². The number of aryl methyl sites for hydroxylation is 1. The third-order valence-corrected chi connectivity index (χ3v) is 4.84. The first-order valence-electron chi connectivity index (χ1n) is 8.91. The van der Waals surface area contributed by atoms with E-state index >= 15 is 0 Å². The van der Waals surface area contributed by atoms with Crippen molar-refractivity contribution in [2.75, 3.05) is 0 Å². The molecule has 0 saturated carbocycles. The average Bonchev–Trinajstić information content (AvgIpc) is 2.49. The highest BCUT2D eigenvalue weighted by molar-refractivity contribution is 5.51. The fourth-order valence-electron chi connectivity index (χ4n) is 3.59. The first-order chi connectivity index (χ1) is 11.1. The lowest BCUT2D eigenvalue weighted by atomic mass is 9.76. The van der Waals surface area contributed by atoms with Gasteiger partial charge in [0.1, 0.15) is 11.5 Å². The molecule has 0 bridgehead atoms. The van der Waals surface area contributed by atoms with Crippen LogP contribution in [0.25, 0.3) is 0 Å². The highest BCUT2D eigenvalue weighted by atomic mass is 16.3. The maximum atomic E-state index is 10.5. The molecule has 0 fully saturated rings. The van der Waals surface area contributed by atoms with E-state index in [0.717, 1.165) is 31.2 Å². The van der Waals surface area contributed by atoms with Gasteiger partial charge in [-0.25, -0.2) is 0 Å². The van der Waals surface area contributed by atoms with Crippen molar-refractivity contribution < 1.29 is 10.2 Å². The van der Waals surface area contributed by atoms with Gasteiger partial charge in [0.2, 0.25) is 0 Å². The molecule has 0 radical (unpaired) electrons. The van der Waals surface area contributed by atoms with Crippen LogP contribution in [0.2, 0.25) is 0 Å². The molecule has 1 unspecified atom stereocenters. The summed E-state index contributed by atoms with van der Waals surface area (Å²) in [6.45, 7) is 6.34. The van der Waals surface area contributed by atoms with Gasteiger partial charge in [-0.3, -0.25) is 0 Å². The minimum atomic E-state index is 0.0599. The molecule has 0 aromatic heterocycles. The van der Waals surface area contributed by atoms with E-state index in [9.17, 15) is 10.2 Å². The van der Waals surface area contributed by atoms with Gasteiger partial charge in [0.25, 0.3) is 0 Å². The van der Waals surface area contributed by atoms with E-state index in [2.05, 4.69) is 32.1 Å². The van der Waals surface area contributed by atoms with Crippen molar-refractivity contribution in [1.29, 1.82) is 0 Å². The number of aromatic hydroxyl groups is 2. The second-order valence-corrected chi connectivity index (χ2v) is 6.77. The molecule has 1 aromatic carbocycles. The van der Waals surface area contributed by atoms with Crippen molar-refractivity contribution in [2.24, 2.45) is 5.92 Å². The number of rotatable bonds is 6. The smallest absolute Gasteiger partial charge is 0.123 e. The monoisotopic (exact) mass is 314 g/mol. The van der Waals surface area contributed by atoms with Gasteiger partial charge in [-0.05, 0) is 63.1 Å². The summed E-state index contributed by atoms with van der Waals surface area (Å²) < 4.78 is 0. The maximum absolute atomic E-state index is 10.5. The van der Waals surface area contributed by atoms with Crippen molar-refractivity contribution in [2.45, 2.75) is 65.2 Å². The van der Waals surface area contributed by atoms with Gasteiger partial charge < -0.3 is 10.2 Å². The van der Waals surface area contributed by atoms with Gasteiger partial charge in [0, 0.05) is 11.5 Å². The summed E-state index contributed by atoms with van der Waals surface area (Å²) in [7, 11) is 0. The predicted octanol–water partition coefficient (Wildman–Crippen LogP) is 5.85. The second kappa shape index (κ2) is 8.24. The summed E-state index contributed by atoms with van der Waals surface area (Å²) in [5, 5.41) is 21.1. The molecule has 2 heteroatoms. The quantitative estimate of drug-likeness (QED) is 0.511. The number of phenols is 2. The van der Waals surface area contributed by atoms with Gasteiger partial charge in [0.15, 0.2) is 0 Å². The summed E-state index contributed by atoms with van der Waals surface area (Å²) in [6.07, 6.45) is 13.0. The first-order valence-corrected chi connectivity index (χ1v) is 8.91. The fraction of sp³-hybridized carbons (Fsp3) is 0.524. The van der Waals surface area contributed by atoms with Gasteiger partial charge in [-0.15, -0.1) is 0 Å². The summed E-state index contributed by atoms with van der Waals surface area (Å²) in [6, 6.07) is 3.68. The molecule has 0 amide bonds. The Bertz CT molecular complexity index is 560. The van der Waals surface area contributed by atoms with Crippen LogP contribution < -0.4 is 0 Å². The number of allylic oxidation sites excluding steroid dienone is 4. The molecule has 0 spiro atoms. The third-order valence-electron chi connectivity index (χ3n) is 4.84. The van der Waals surface area contributed by atoms with Crippen LogP contribution in [-0.4, -0.2) is 10.2 Å². The molecular formula is C21H30O2. The Morgan fingerprint density at radius 3 is 2.48 bits per heavy atom. The van der Waals surface area contributed by atoms with Crippen molar-refractivity contribution in [3.63, 3.8) is 0 Å². The highest BCUT2D eigenvalue weighted by Gasteiger charge is 2.27. The molecule has 2 nitrogen and oxygen atoms in total. The van der Waals surface area contributed by atoms with E-state index in [-0.39, 0.29) is 17.4 Å². The summed E-state index contributed by atoms with van der Waals surface area (Å²) >= 11 is 0. The van der Waals surface area contributed by atoms with Gasteiger partial charge in [0.05, 0.1) is 0 Å². The van der Waals surface area contributed by atoms with Crippen molar-refractivity contribution >= 4 is 0 Å². The second-order valence-electron chi connectivity index (χ2n) is 6.77.